The van der Waals surface area contributed by atoms with Crippen LogP contribution in [0.2, 0.25) is 0 Å². The van der Waals surface area contributed by atoms with E-state index in [9.17, 15) is 4.21 Å². The van der Waals surface area contributed by atoms with Gasteiger partial charge in [0.1, 0.15) is 0 Å². The zero-order chi connectivity index (χ0) is 12.7. The summed E-state index contributed by atoms with van der Waals surface area (Å²) in [5.41, 5.74) is 1.05. The maximum Gasteiger partial charge on any atom is 0.0762 e. The summed E-state index contributed by atoms with van der Waals surface area (Å²) in [6, 6.07) is 2.49. The van der Waals surface area contributed by atoms with Gasteiger partial charge in [0, 0.05) is 47.6 Å². The van der Waals surface area contributed by atoms with Gasteiger partial charge in [0.05, 0.1) is 5.69 Å². The van der Waals surface area contributed by atoms with Crippen LogP contribution in [0.5, 0.6) is 0 Å². The molecular weight excluding hydrogens is 234 g/mol. The summed E-state index contributed by atoms with van der Waals surface area (Å²) in [7, 11) is -0.677. The highest BCUT2D eigenvalue weighted by atomic mass is 32.2. The van der Waals surface area contributed by atoms with Gasteiger partial charge in [-0.15, -0.1) is 0 Å². The SMILES string of the molecule is CCC(C)n1ccc(CNCCS(=O)CC)n1. The minimum absolute atomic E-state index is 0.455. The molecule has 0 saturated carbocycles. The first-order valence-corrected chi connectivity index (χ1v) is 7.75. The van der Waals surface area contributed by atoms with Crippen molar-refractivity contribution in [2.45, 2.75) is 39.8 Å². The normalized spacial score (nSPS) is 14.8. The van der Waals surface area contributed by atoms with Crippen LogP contribution < -0.4 is 5.32 Å². The molecule has 1 aromatic heterocycles. The predicted octanol–water partition coefficient (Wildman–Crippen LogP) is 1.71. The first-order chi connectivity index (χ1) is 8.17. The number of hydrogen-bond donors (Lipinski definition) is 1. The molecule has 0 bridgehead atoms. The summed E-state index contributed by atoms with van der Waals surface area (Å²) < 4.78 is 13.2. The number of nitrogens with zero attached hydrogens (tertiary/aromatic N) is 2. The maximum atomic E-state index is 11.2. The Morgan fingerprint density at radius 3 is 2.94 bits per heavy atom. The Morgan fingerprint density at radius 2 is 2.29 bits per heavy atom. The van der Waals surface area contributed by atoms with Crippen molar-refractivity contribution >= 4 is 10.8 Å². The molecule has 1 aromatic rings. The van der Waals surface area contributed by atoms with Gasteiger partial charge in [0.2, 0.25) is 0 Å². The predicted molar refractivity (Wildman–Crippen MR) is 72.5 cm³/mol. The highest BCUT2D eigenvalue weighted by Crippen LogP contribution is 2.08. The van der Waals surface area contributed by atoms with Gasteiger partial charge < -0.3 is 5.32 Å². The molecule has 1 heterocycles. The topological polar surface area (TPSA) is 46.9 Å². The Labute approximate surface area is 106 Å². The van der Waals surface area contributed by atoms with Gasteiger partial charge in [-0.05, 0) is 19.4 Å². The van der Waals surface area contributed by atoms with Crippen LogP contribution in [0.15, 0.2) is 12.3 Å². The first-order valence-electron chi connectivity index (χ1n) is 6.27. The fourth-order valence-electron chi connectivity index (χ4n) is 1.45. The third kappa shape index (κ3) is 5.00. The first kappa shape index (κ1) is 14.4. The summed E-state index contributed by atoms with van der Waals surface area (Å²) in [6.45, 7) is 7.81. The van der Waals surface area contributed by atoms with E-state index in [1.54, 1.807) is 0 Å². The Balaban J connectivity index is 2.28. The van der Waals surface area contributed by atoms with Gasteiger partial charge in [-0.2, -0.15) is 5.10 Å². The fourth-order valence-corrected chi connectivity index (χ4v) is 2.11. The summed E-state index contributed by atoms with van der Waals surface area (Å²) in [5.74, 6) is 1.47. The van der Waals surface area contributed by atoms with Gasteiger partial charge in [-0.3, -0.25) is 8.89 Å². The Kier molecular flexibility index (Phi) is 6.44. The van der Waals surface area contributed by atoms with Crippen LogP contribution >= 0.6 is 0 Å². The van der Waals surface area contributed by atoms with Crippen molar-refractivity contribution in [3.05, 3.63) is 18.0 Å². The van der Waals surface area contributed by atoms with Crippen molar-refractivity contribution in [2.24, 2.45) is 0 Å². The van der Waals surface area contributed by atoms with Crippen LogP contribution in [0.1, 0.15) is 38.9 Å². The number of aromatic nitrogens is 2. The highest BCUT2D eigenvalue weighted by molar-refractivity contribution is 7.84. The maximum absolute atomic E-state index is 11.2. The Morgan fingerprint density at radius 1 is 1.53 bits per heavy atom. The summed E-state index contributed by atoms with van der Waals surface area (Å²) in [5, 5.41) is 7.76. The fraction of sp³-hybridized carbons (Fsp3) is 0.750. The molecule has 0 aliphatic rings. The lowest BCUT2D eigenvalue weighted by atomic mass is 10.3. The molecule has 0 aromatic carbocycles. The molecule has 0 aliphatic heterocycles. The van der Waals surface area contributed by atoms with E-state index in [-0.39, 0.29) is 0 Å². The van der Waals surface area contributed by atoms with Crippen LogP contribution in [0.3, 0.4) is 0 Å². The van der Waals surface area contributed by atoms with E-state index < -0.39 is 10.8 Å². The van der Waals surface area contributed by atoms with Gasteiger partial charge in [0.15, 0.2) is 0 Å². The van der Waals surface area contributed by atoms with Crippen LogP contribution in [0, 0.1) is 0 Å². The van der Waals surface area contributed by atoms with Crippen molar-refractivity contribution in [1.82, 2.24) is 15.1 Å². The standard InChI is InChI=1S/C12H23N3OS/c1-4-11(3)15-8-6-12(14-15)10-13-7-9-17(16)5-2/h6,8,11,13H,4-5,7,9-10H2,1-3H3. The molecule has 5 heteroatoms. The molecule has 4 nitrogen and oxygen atoms in total. The van der Waals surface area contributed by atoms with E-state index in [1.165, 1.54) is 0 Å². The third-order valence-electron chi connectivity index (χ3n) is 2.84. The van der Waals surface area contributed by atoms with Crippen molar-refractivity contribution < 1.29 is 4.21 Å². The Bertz CT molecular complexity index is 351. The summed E-state index contributed by atoms with van der Waals surface area (Å²) >= 11 is 0. The van der Waals surface area contributed by atoms with E-state index in [0.29, 0.717) is 6.04 Å². The lowest BCUT2D eigenvalue weighted by Crippen LogP contribution is -2.21. The molecule has 2 unspecified atom stereocenters. The molecule has 17 heavy (non-hydrogen) atoms. The average molecular weight is 257 g/mol. The second-order valence-corrected chi connectivity index (χ2v) is 6.02. The second kappa shape index (κ2) is 7.61. The molecule has 0 spiro atoms. The zero-order valence-electron chi connectivity index (χ0n) is 11.0. The largest absolute Gasteiger partial charge is 0.310 e. The quantitative estimate of drug-likeness (QED) is 0.721. The molecule has 1 N–H and O–H groups in total. The molecule has 0 radical (unpaired) electrons. The summed E-state index contributed by atoms with van der Waals surface area (Å²) in [4.78, 5) is 0. The lowest BCUT2D eigenvalue weighted by Gasteiger charge is -2.08. The van der Waals surface area contributed by atoms with Gasteiger partial charge in [-0.1, -0.05) is 13.8 Å². The van der Waals surface area contributed by atoms with E-state index in [0.717, 1.165) is 36.7 Å². The third-order valence-corrected chi connectivity index (χ3v) is 4.14. The van der Waals surface area contributed by atoms with Gasteiger partial charge in [0.25, 0.3) is 0 Å². The van der Waals surface area contributed by atoms with Crippen molar-refractivity contribution in [3.63, 3.8) is 0 Å². The zero-order valence-corrected chi connectivity index (χ0v) is 11.8. The molecule has 0 aliphatic carbocycles. The number of rotatable bonds is 8. The van der Waals surface area contributed by atoms with Crippen LogP contribution in [0.25, 0.3) is 0 Å². The van der Waals surface area contributed by atoms with Gasteiger partial charge in [-0.25, -0.2) is 0 Å². The molecule has 98 valence electrons. The highest BCUT2D eigenvalue weighted by Gasteiger charge is 2.04. The second-order valence-electron chi connectivity index (χ2n) is 4.15. The van der Waals surface area contributed by atoms with Crippen molar-refractivity contribution in [2.75, 3.05) is 18.1 Å². The lowest BCUT2D eigenvalue weighted by molar-refractivity contribution is 0.472. The van der Waals surface area contributed by atoms with E-state index >= 15 is 0 Å². The molecule has 0 saturated heterocycles. The van der Waals surface area contributed by atoms with Gasteiger partial charge >= 0.3 is 0 Å². The molecule has 2 atom stereocenters. The van der Waals surface area contributed by atoms with Crippen molar-refractivity contribution in [1.29, 1.82) is 0 Å². The molecule has 0 fully saturated rings. The Hall–Kier alpha value is -0.680. The van der Waals surface area contributed by atoms with Crippen LogP contribution in [-0.2, 0) is 17.3 Å². The monoisotopic (exact) mass is 257 g/mol. The molecule has 1 rings (SSSR count). The van der Waals surface area contributed by atoms with E-state index in [1.807, 2.05) is 23.9 Å². The van der Waals surface area contributed by atoms with E-state index in [2.05, 4.69) is 24.3 Å². The van der Waals surface area contributed by atoms with Crippen molar-refractivity contribution in [3.8, 4) is 0 Å². The smallest absolute Gasteiger partial charge is 0.0762 e. The molecule has 0 amide bonds. The number of nitrogens with one attached hydrogen (secondary N) is 1. The average Bonchev–Trinajstić information content (AvgIpc) is 2.82. The van der Waals surface area contributed by atoms with E-state index in [4.69, 9.17) is 0 Å². The van der Waals surface area contributed by atoms with Crippen LogP contribution in [0.4, 0.5) is 0 Å². The number of hydrogen-bond acceptors (Lipinski definition) is 3. The minimum Gasteiger partial charge on any atom is -0.310 e. The van der Waals surface area contributed by atoms with Crippen LogP contribution in [-0.4, -0.2) is 32.0 Å². The summed E-state index contributed by atoms with van der Waals surface area (Å²) in [6.07, 6.45) is 3.11. The molecular formula is C12H23N3OS. The minimum atomic E-state index is -0.677.